The highest BCUT2D eigenvalue weighted by Gasteiger charge is 2.60. The van der Waals surface area contributed by atoms with E-state index in [-0.39, 0.29) is 47.4 Å². The molecule has 6 atom stereocenters. The van der Waals surface area contributed by atoms with Gasteiger partial charge in [0.15, 0.2) is 0 Å². The highest BCUT2D eigenvalue weighted by atomic mass is 16.2. The summed E-state index contributed by atoms with van der Waals surface area (Å²) in [6.45, 7) is 6.58. The minimum Gasteiger partial charge on any atom is -0.334 e. The summed E-state index contributed by atoms with van der Waals surface area (Å²) in [7, 11) is 0. The molecule has 1 saturated carbocycles. The summed E-state index contributed by atoms with van der Waals surface area (Å²) < 4.78 is 0. The first-order valence-corrected chi connectivity index (χ1v) is 10.8. The Bertz CT molecular complexity index is 906. The second-order valence-electron chi connectivity index (χ2n) is 9.26. The van der Waals surface area contributed by atoms with Crippen LogP contribution in [0.5, 0.6) is 0 Å². The number of hydrogen-bond acceptors (Lipinski definition) is 3. The van der Waals surface area contributed by atoms with E-state index in [2.05, 4.69) is 44.2 Å². The second-order valence-corrected chi connectivity index (χ2v) is 9.26. The fourth-order valence-corrected chi connectivity index (χ4v) is 6.01. The van der Waals surface area contributed by atoms with Crippen molar-refractivity contribution in [2.24, 2.45) is 23.7 Å². The van der Waals surface area contributed by atoms with Gasteiger partial charge < -0.3 is 4.90 Å². The number of imide groups is 1. The molecule has 2 bridgehead atoms. The SMILES string of the molecule is Cc1ccc([C@@H]2CCCN2C(=O)[C@H](C)N2C(=O)[C@H]3[C@H](C2=O)[C@H]2C=C[C@H]3C2)cc1C. The van der Waals surface area contributed by atoms with Crippen molar-refractivity contribution in [2.45, 2.75) is 52.1 Å². The number of amides is 3. The minimum absolute atomic E-state index is 0.0226. The normalized spacial score (nSPS) is 33.7. The Labute approximate surface area is 171 Å². The molecule has 5 rings (SSSR count). The maximum absolute atomic E-state index is 13.4. The molecule has 0 N–H and O–H groups in total. The Morgan fingerprint density at radius 2 is 1.69 bits per heavy atom. The van der Waals surface area contributed by atoms with E-state index in [1.165, 1.54) is 16.0 Å². The van der Waals surface area contributed by atoms with Gasteiger partial charge in [-0.25, -0.2) is 0 Å². The van der Waals surface area contributed by atoms with Gasteiger partial charge in [-0.15, -0.1) is 0 Å². The molecule has 1 aromatic rings. The third kappa shape index (κ3) is 2.62. The van der Waals surface area contributed by atoms with E-state index in [1.807, 2.05) is 4.90 Å². The van der Waals surface area contributed by atoms with Crippen LogP contribution in [0.25, 0.3) is 0 Å². The van der Waals surface area contributed by atoms with Crippen molar-refractivity contribution in [1.82, 2.24) is 9.80 Å². The van der Waals surface area contributed by atoms with Gasteiger partial charge in [0.2, 0.25) is 17.7 Å². The minimum atomic E-state index is -0.729. The van der Waals surface area contributed by atoms with Crippen LogP contribution >= 0.6 is 0 Å². The molecule has 1 aromatic carbocycles. The fourth-order valence-electron chi connectivity index (χ4n) is 6.01. The lowest BCUT2D eigenvalue weighted by Crippen LogP contribution is -2.50. The van der Waals surface area contributed by atoms with Crippen LogP contribution in [-0.2, 0) is 14.4 Å². The number of fused-ring (bicyclic) bond motifs is 5. The van der Waals surface area contributed by atoms with Crippen molar-refractivity contribution in [3.05, 3.63) is 47.0 Å². The first-order chi connectivity index (χ1) is 13.9. The van der Waals surface area contributed by atoms with Crippen molar-refractivity contribution in [1.29, 1.82) is 0 Å². The van der Waals surface area contributed by atoms with E-state index in [1.54, 1.807) is 6.92 Å². The number of carbonyl (C=O) groups is 3. The van der Waals surface area contributed by atoms with E-state index in [0.717, 1.165) is 24.8 Å². The van der Waals surface area contributed by atoms with Gasteiger partial charge in [-0.1, -0.05) is 30.4 Å². The smallest absolute Gasteiger partial charge is 0.246 e. The zero-order valence-electron chi connectivity index (χ0n) is 17.3. The molecule has 2 saturated heterocycles. The fraction of sp³-hybridized carbons (Fsp3) is 0.542. The van der Waals surface area contributed by atoms with E-state index < -0.39 is 6.04 Å². The van der Waals surface area contributed by atoms with Crippen LogP contribution in [0.1, 0.15) is 48.9 Å². The molecule has 0 spiro atoms. The monoisotopic (exact) mass is 392 g/mol. The first kappa shape index (κ1) is 18.6. The molecule has 0 unspecified atom stereocenters. The molecule has 0 aromatic heterocycles. The maximum Gasteiger partial charge on any atom is 0.246 e. The zero-order valence-corrected chi connectivity index (χ0v) is 17.3. The third-order valence-corrected chi connectivity index (χ3v) is 7.70. The van der Waals surface area contributed by atoms with Crippen molar-refractivity contribution in [2.75, 3.05) is 6.54 Å². The molecular weight excluding hydrogens is 364 g/mol. The number of aryl methyl sites for hydroxylation is 2. The molecule has 3 fully saturated rings. The lowest BCUT2D eigenvalue weighted by molar-refractivity contribution is -0.152. The van der Waals surface area contributed by atoms with Gasteiger partial charge >= 0.3 is 0 Å². The van der Waals surface area contributed by atoms with Crippen LogP contribution in [0.15, 0.2) is 30.4 Å². The number of hydrogen-bond donors (Lipinski definition) is 0. The van der Waals surface area contributed by atoms with Crippen LogP contribution < -0.4 is 0 Å². The number of carbonyl (C=O) groups excluding carboxylic acids is 3. The number of rotatable bonds is 3. The Morgan fingerprint density at radius 1 is 1.03 bits per heavy atom. The van der Waals surface area contributed by atoms with Gasteiger partial charge in [-0.3, -0.25) is 19.3 Å². The lowest BCUT2D eigenvalue weighted by Gasteiger charge is -2.31. The van der Waals surface area contributed by atoms with E-state index in [0.29, 0.717) is 6.54 Å². The van der Waals surface area contributed by atoms with Crippen LogP contribution in [0.4, 0.5) is 0 Å². The molecule has 29 heavy (non-hydrogen) atoms. The van der Waals surface area contributed by atoms with E-state index >= 15 is 0 Å². The summed E-state index contributed by atoms with van der Waals surface area (Å²) in [5.74, 6) is -0.539. The molecule has 0 radical (unpaired) electrons. The van der Waals surface area contributed by atoms with Crippen molar-refractivity contribution < 1.29 is 14.4 Å². The Balaban J connectivity index is 1.38. The molecule has 2 heterocycles. The standard InChI is InChI=1S/C24H28N2O3/c1-13-6-7-16(11-14(13)2)19-5-4-10-25(19)22(27)15(3)26-23(28)20-17-8-9-18(12-17)21(20)24(26)29/h6-9,11,15,17-21H,4-5,10,12H2,1-3H3/t15-,17-,18-,19-,20+,21+/m0/s1. The van der Waals surface area contributed by atoms with E-state index in [4.69, 9.17) is 0 Å². The quantitative estimate of drug-likeness (QED) is 0.586. The van der Waals surface area contributed by atoms with Crippen LogP contribution in [0.2, 0.25) is 0 Å². The molecule has 152 valence electrons. The molecule has 4 aliphatic rings. The van der Waals surface area contributed by atoms with E-state index in [9.17, 15) is 14.4 Å². The molecule has 3 amide bonds. The van der Waals surface area contributed by atoms with Crippen molar-refractivity contribution >= 4 is 17.7 Å². The molecule has 5 heteroatoms. The van der Waals surface area contributed by atoms with Gasteiger partial charge in [-0.2, -0.15) is 0 Å². The Kier molecular flexibility index (Phi) is 4.19. The zero-order chi connectivity index (χ0) is 20.4. The first-order valence-electron chi connectivity index (χ1n) is 10.8. The summed E-state index contributed by atoms with van der Waals surface area (Å²) in [6.07, 6.45) is 6.94. The summed E-state index contributed by atoms with van der Waals surface area (Å²) in [5.41, 5.74) is 3.60. The maximum atomic E-state index is 13.4. The van der Waals surface area contributed by atoms with Gasteiger partial charge in [0.05, 0.1) is 17.9 Å². The summed E-state index contributed by atoms with van der Waals surface area (Å²) in [6, 6.07) is 5.66. The largest absolute Gasteiger partial charge is 0.334 e. The third-order valence-electron chi connectivity index (χ3n) is 7.70. The van der Waals surface area contributed by atoms with Gasteiger partial charge in [0.25, 0.3) is 0 Å². The highest BCUT2D eigenvalue weighted by Crippen LogP contribution is 2.53. The van der Waals surface area contributed by atoms with Gasteiger partial charge in [0, 0.05) is 6.54 Å². The molecule has 2 aliphatic carbocycles. The number of nitrogens with zero attached hydrogens (tertiary/aromatic N) is 2. The molecule has 2 aliphatic heterocycles. The Morgan fingerprint density at radius 3 is 2.31 bits per heavy atom. The van der Waals surface area contributed by atoms with Gasteiger partial charge in [0.1, 0.15) is 6.04 Å². The van der Waals surface area contributed by atoms with Crippen LogP contribution in [-0.4, -0.2) is 40.1 Å². The predicted octanol–water partition coefficient (Wildman–Crippen LogP) is 3.16. The number of likely N-dealkylation sites (tertiary alicyclic amines) is 2. The summed E-state index contributed by atoms with van der Waals surface area (Å²) in [5, 5.41) is 0. The number of allylic oxidation sites excluding steroid dienone is 2. The summed E-state index contributed by atoms with van der Waals surface area (Å²) >= 11 is 0. The van der Waals surface area contributed by atoms with Crippen LogP contribution in [0.3, 0.4) is 0 Å². The number of benzene rings is 1. The Hall–Kier alpha value is -2.43. The second kappa shape index (κ2) is 6.54. The van der Waals surface area contributed by atoms with Gasteiger partial charge in [-0.05, 0) is 68.6 Å². The topological polar surface area (TPSA) is 57.7 Å². The highest BCUT2D eigenvalue weighted by molar-refractivity contribution is 6.09. The van der Waals surface area contributed by atoms with Crippen molar-refractivity contribution in [3.8, 4) is 0 Å². The molecule has 5 nitrogen and oxygen atoms in total. The summed E-state index contributed by atoms with van der Waals surface area (Å²) in [4.78, 5) is 42.8. The lowest BCUT2D eigenvalue weighted by atomic mass is 9.85. The average Bonchev–Trinajstić information content (AvgIpc) is 3.47. The predicted molar refractivity (Wildman–Crippen MR) is 109 cm³/mol. The average molecular weight is 392 g/mol. The van der Waals surface area contributed by atoms with Crippen LogP contribution in [0, 0.1) is 37.5 Å². The van der Waals surface area contributed by atoms with Crippen molar-refractivity contribution in [3.63, 3.8) is 0 Å². The molecular formula is C24H28N2O3.